The highest BCUT2D eigenvalue weighted by Crippen LogP contribution is 2.23. The topological polar surface area (TPSA) is 58.6 Å². The summed E-state index contributed by atoms with van der Waals surface area (Å²) in [6.07, 6.45) is 2.31. The van der Waals surface area contributed by atoms with Crippen LogP contribution in [0.25, 0.3) is 0 Å². The van der Waals surface area contributed by atoms with Crippen LogP contribution in [0, 0.1) is 11.8 Å². The van der Waals surface area contributed by atoms with Crippen LogP contribution in [-0.2, 0) is 9.59 Å². The van der Waals surface area contributed by atoms with Crippen molar-refractivity contribution in [3.05, 3.63) is 29.8 Å². The van der Waals surface area contributed by atoms with Crippen molar-refractivity contribution in [1.82, 2.24) is 10.2 Å². The van der Waals surface area contributed by atoms with E-state index in [4.69, 9.17) is 4.74 Å². The Morgan fingerprint density at radius 3 is 2.28 bits per heavy atom. The van der Waals surface area contributed by atoms with Crippen LogP contribution in [-0.4, -0.2) is 36.9 Å². The van der Waals surface area contributed by atoms with Crippen molar-refractivity contribution in [3.63, 3.8) is 0 Å². The zero-order valence-corrected chi connectivity index (χ0v) is 15.7. The standard InChI is InChI=1S/C20H30N2O3/c1-5-18(15-6-8-17(25-4)9-7-15)21-19(23)16-10-12-22(13-11-16)20(24)14(2)3/h6-9,14,16,18H,5,10-13H2,1-4H3,(H,21,23). The van der Waals surface area contributed by atoms with Crippen LogP contribution in [0.1, 0.15) is 51.6 Å². The minimum Gasteiger partial charge on any atom is -0.497 e. The molecule has 25 heavy (non-hydrogen) atoms. The molecule has 1 aromatic carbocycles. The summed E-state index contributed by atoms with van der Waals surface area (Å²) in [5, 5.41) is 3.17. The largest absolute Gasteiger partial charge is 0.497 e. The smallest absolute Gasteiger partial charge is 0.225 e. The van der Waals surface area contributed by atoms with E-state index in [1.165, 1.54) is 0 Å². The fraction of sp³-hybridized carbons (Fsp3) is 0.600. The lowest BCUT2D eigenvalue weighted by Gasteiger charge is -2.33. The van der Waals surface area contributed by atoms with Gasteiger partial charge < -0.3 is 15.0 Å². The molecule has 5 heteroatoms. The van der Waals surface area contributed by atoms with Gasteiger partial charge in [-0.05, 0) is 37.0 Å². The number of amides is 2. The highest BCUT2D eigenvalue weighted by atomic mass is 16.5. The molecular weight excluding hydrogens is 316 g/mol. The predicted molar refractivity (Wildman–Crippen MR) is 98.3 cm³/mol. The number of carbonyl (C=O) groups excluding carboxylic acids is 2. The zero-order valence-electron chi connectivity index (χ0n) is 15.7. The van der Waals surface area contributed by atoms with Crippen molar-refractivity contribution in [3.8, 4) is 5.75 Å². The number of hydrogen-bond acceptors (Lipinski definition) is 3. The molecular formula is C20H30N2O3. The van der Waals surface area contributed by atoms with Gasteiger partial charge in [0.1, 0.15) is 5.75 Å². The van der Waals surface area contributed by atoms with Gasteiger partial charge in [0.05, 0.1) is 13.2 Å². The fourth-order valence-electron chi connectivity index (χ4n) is 3.27. The summed E-state index contributed by atoms with van der Waals surface area (Å²) >= 11 is 0. The summed E-state index contributed by atoms with van der Waals surface area (Å²) in [6.45, 7) is 7.26. The molecule has 2 rings (SSSR count). The van der Waals surface area contributed by atoms with Crippen LogP contribution >= 0.6 is 0 Å². The maximum absolute atomic E-state index is 12.6. The SMILES string of the molecule is CCC(NC(=O)C1CCN(C(=O)C(C)C)CC1)c1ccc(OC)cc1. The number of likely N-dealkylation sites (tertiary alicyclic amines) is 1. The van der Waals surface area contributed by atoms with Gasteiger partial charge in [0.15, 0.2) is 0 Å². The number of rotatable bonds is 6. The Bertz CT molecular complexity index is 575. The number of hydrogen-bond donors (Lipinski definition) is 1. The van der Waals surface area contributed by atoms with E-state index in [2.05, 4.69) is 12.2 Å². The Labute approximate surface area is 150 Å². The van der Waals surface area contributed by atoms with Gasteiger partial charge in [-0.15, -0.1) is 0 Å². The maximum Gasteiger partial charge on any atom is 0.225 e. The quantitative estimate of drug-likeness (QED) is 0.861. The lowest BCUT2D eigenvalue weighted by atomic mass is 9.94. The third-order valence-corrected chi connectivity index (χ3v) is 4.91. The molecule has 1 atom stereocenters. The highest BCUT2D eigenvalue weighted by molar-refractivity contribution is 5.81. The second-order valence-electron chi connectivity index (χ2n) is 7.00. The molecule has 0 aliphatic carbocycles. The molecule has 1 heterocycles. The number of ether oxygens (including phenoxy) is 1. The highest BCUT2D eigenvalue weighted by Gasteiger charge is 2.29. The third kappa shape index (κ3) is 4.97. The molecule has 5 nitrogen and oxygen atoms in total. The molecule has 1 aliphatic heterocycles. The predicted octanol–water partition coefficient (Wildman–Crippen LogP) is 3.16. The molecule has 1 saturated heterocycles. The number of carbonyl (C=O) groups is 2. The van der Waals surface area contributed by atoms with Crippen LogP contribution in [0.3, 0.4) is 0 Å². The van der Waals surface area contributed by atoms with E-state index in [9.17, 15) is 9.59 Å². The summed E-state index contributed by atoms with van der Waals surface area (Å²) in [7, 11) is 1.64. The molecule has 2 amide bonds. The minimum absolute atomic E-state index is 0.00808. The van der Waals surface area contributed by atoms with Crippen molar-refractivity contribution >= 4 is 11.8 Å². The van der Waals surface area contributed by atoms with Gasteiger partial charge in [0, 0.05) is 24.9 Å². The van der Waals surface area contributed by atoms with E-state index in [0.717, 1.165) is 30.6 Å². The molecule has 1 fully saturated rings. The van der Waals surface area contributed by atoms with Gasteiger partial charge in [-0.3, -0.25) is 9.59 Å². The average molecular weight is 346 g/mol. The summed E-state index contributed by atoms with van der Waals surface area (Å²) < 4.78 is 5.19. The molecule has 0 bridgehead atoms. The van der Waals surface area contributed by atoms with Crippen molar-refractivity contribution in [1.29, 1.82) is 0 Å². The van der Waals surface area contributed by atoms with E-state index in [1.807, 2.05) is 43.0 Å². The fourth-order valence-corrected chi connectivity index (χ4v) is 3.27. The number of benzene rings is 1. The lowest BCUT2D eigenvalue weighted by Crippen LogP contribution is -2.44. The van der Waals surface area contributed by atoms with E-state index in [1.54, 1.807) is 7.11 Å². The Balaban J connectivity index is 1.91. The number of methoxy groups -OCH3 is 1. The van der Waals surface area contributed by atoms with Crippen molar-refractivity contribution < 1.29 is 14.3 Å². The second-order valence-corrected chi connectivity index (χ2v) is 7.00. The first-order valence-corrected chi connectivity index (χ1v) is 9.19. The van der Waals surface area contributed by atoms with E-state index >= 15 is 0 Å². The normalized spacial score (nSPS) is 16.6. The van der Waals surface area contributed by atoms with Crippen molar-refractivity contribution in [2.45, 2.75) is 46.1 Å². The zero-order chi connectivity index (χ0) is 18.4. The van der Waals surface area contributed by atoms with Gasteiger partial charge in [-0.25, -0.2) is 0 Å². The number of nitrogens with one attached hydrogen (secondary N) is 1. The Morgan fingerprint density at radius 2 is 1.80 bits per heavy atom. The van der Waals surface area contributed by atoms with Crippen LogP contribution in [0.15, 0.2) is 24.3 Å². The minimum atomic E-state index is -0.0106. The third-order valence-electron chi connectivity index (χ3n) is 4.91. The molecule has 1 unspecified atom stereocenters. The Morgan fingerprint density at radius 1 is 1.20 bits per heavy atom. The molecule has 1 aliphatic rings. The first-order chi connectivity index (χ1) is 12.0. The van der Waals surface area contributed by atoms with E-state index < -0.39 is 0 Å². The van der Waals surface area contributed by atoms with Crippen LogP contribution in [0.2, 0.25) is 0 Å². The van der Waals surface area contributed by atoms with Crippen LogP contribution in [0.5, 0.6) is 5.75 Å². The van der Waals surface area contributed by atoms with E-state index in [0.29, 0.717) is 13.1 Å². The lowest BCUT2D eigenvalue weighted by molar-refractivity contribution is -0.138. The van der Waals surface area contributed by atoms with Crippen LogP contribution in [0.4, 0.5) is 0 Å². The monoisotopic (exact) mass is 346 g/mol. The summed E-state index contributed by atoms with van der Waals surface area (Å²) in [5.41, 5.74) is 1.09. The summed E-state index contributed by atoms with van der Waals surface area (Å²) in [6, 6.07) is 7.84. The first-order valence-electron chi connectivity index (χ1n) is 9.19. The molecule has 138 valence electrons. The van der Waals surface area contributed by atoms with Gasteiger partial charge in [0.25, 0.3) is 0 Å². The molecule has 0 spiro atoms. The van der Waals surface area contributed by atoms with Gasteiger partial charge >= 0.3 is 0 Å². The van der Waals surface area contributed by atoms with Crippen LogP contribution < -0.4 is 10.1 Å². The Kier molecular flexibility index (Phi) is 6.85. The molecule has 0 saturated carbocycles. The number of nitrogens with zero attached hydrogens (tertiary/aromatic N) is 1. The molecule has 0 aromatic heterocycles. The average Bonchev–Trinajstić information content (AvgIpc) is 2.65. The van der Waals surface area contributed by atoms with E-state index in [-0.39, 0.29) is 29.7 Å². The maximum atomic E-state index is 12.6. The molecule has 1 aromatic rings. The van der Waals surface area contributed by atoms with Gasteiger partial charge in [-0.1, -0.05) is 32.9 Å². The van der Waals surface area contributed by atoms with Gasteiger partial charge in [0.2, 0.25) is 11.8 Å². The first kappa shape index (κ1) is 19.3. The summed E-state index contributed by atoms with van der Waals surface area (Å²) in [5.74, 6) is 1.10. The molecule has 1 N–H and O–H groups in total. The van der Waals surface area contributed by atoms with Crippen molar-refractivity contribution in [2.75, 3.05) is 20.2 Å². The Hall–Kier alpha value is -2.04. The number of piperidine rings is 1. The van der Waals surface area contributed by atoms with Crippen molar-refractivity contribution in [2.24, 2.45) is 11.8 Å². The second kappa shape index (κ2) is 8.88. The van der Waals surface area contributed by atoms with Gasteiger partial charge in [-0.2, -0.15) is 0 Å². The summed E-state index contributed by atoms with van der Waals surface area (Å²) in [4.78, 5) is 26.6. The molecule has 0 radical (unpaired) electrons.